The third-order valence-corrected chi connectivity index (χ3v) is 4.07. The summed E-state index contributed by atoms with van der Waals surface area (Å²) in [5.74, 6) is -0.255. The summed E-state index contributed by atoms with van der Waals surface area (Å²) < 4.78 is 0. The minimum Gasteiger partial charge on any atom is -0.480 e. The van der Waals surface area contributed by atoms with Gasteiger partial charge in [-0.25, -0.2) is 4.79 Å². The molecule has 5 nitrogen and oxygen atoms in total. The van der Waals surface area contributed by atoms with Crippen molar-refractivity contribution in [2.45, 2.75) is 32.2 Å². The van der Waals surface area contributed by atoms with Gasteiger partial charge < -0.3 is 10.0 Å². The van der Waals surface area contributed by atoms with E-state index in [9.17, 15) is 14.7 Å². The zero-order valence-electron chi connectivity index (χ0n) is 10.5. The quantitative estimate of drug-likeness (QED) is 0.762. The average molecular weight is 270 g/mol. The summed E-state index contributed by atoms with van der Waals surface area (Å²) in [5, 5.41) is 17.6. The molecule has 0 aromatic rings. The van der Waals surface area contributed by atoms with Gasteiger partial charge in [0, 0.05) is 6.54 Å². The lowest BCUT2D eigenvalue weighted by molar-refractivity contribution is -0.152. The van der Waals surface area contributed by atoms with E-state index in [1.54, 1.807) is 0 Å². The third kappa shape index (κ3) is 3.91. The van der Waals surface area contributed by atoms with Crippen molar-refractivity contribution < 1.29 is 14.7 Å². The fourth-order valence-corrected chi connectivity index (χ4v) is 2.74. The predicted molar refractivity (Wildman–Crippen MR) is 69.1 cm³/mol. The van der Waals surface area contributed by atoms with Crippen LogP contribution in [0, 0.1) is 17.2 Å². The van der Waals surface area contributed by atoms with Gasteiger partial charge in [-0.1, -0.05) is 13.3 Å². The molecule has 6 heteroatoms. The number of hydrogen-bond donors (Lipinski definition) is 1. The van der Waals surface area contributed by atoms with E-state index in [0.717, 1.165) is 12.8 Å². The smallest absolute Gasteiger partial charge is 0.326 e. The van der Waals surface area contributed by atoms with E-state index in [4.69, 9.17) is 5.26 Å². The van der Waals surface area contributed by atoms with E-state index in [0.29, 0.717) is 18.9 Å². The van der Waals surface area contributed by atoms with Crippen LogP contribution >= 0.6 is 11.8 Å². The van der Waals surface area contributed by atoms with E-state index in [2.05, 4.69) is 0 Å². The highest BCUT2D eigenvalue weighted by Gasteiger charge is 2.35. The molecule has 1 amide bonds. The van der Waals surface area contributed by atoms with E-state index in [1.807, 2.05) is 13.0 Å². The van der Waals surface area contributed by atoms with Crippen LogP contribution in [-0.2, 0) is 9.59 Å². The summed E-state index contributed by atoms with van der Waals surface area (Å²) in [4.78, 5) is 24.6. The van der Waals surface area contributed by atoms with Crippen molar-refractivity contribution in [3.05, 3.63) is 0 Å². The fraction of sp³-hybridized carbons (Fsp3) is 0.750. The maximum absolute atomic E-state index is 11.9. The minimum absolute atomic E-state index is 0.169. The number of carboxylic acid groups (broad SMARTS) is 1. The van der Waals surface area contributed by atoms with Crippen molar-refractivity contribution in [1.82, 2.24) is 4.90 Å². The lowest BCUT2D eigenvalue weighted by Gasteiger charge is -2.36. The molecule has 1 heterocycles. The molecule has 2 unspecified atom stereocenters. The van der Waals surface area contributed by atoms with Crippen molar-refractivity contribution in [1.29, 1.82) is 5.26 Å². The number of thioether (sulfide) groups is 1. The number of hydrogen-bond acceptors (Lipinski definition) is 4. The minimum atomic E-state index is -0.924. The molecule has 0 aromatic carbocycles. The highest BCUT2D eigenvalue weighted by molar-refractivity contribution is 8.00. The molecule has 1 N–H and O–H groups in total. The molecule has 1 aliphatic heterocycles. The molecular weight excluding hydrogens is 252 g/mol. The maximum atomic E-state index is 11.9. The zero-order valence-corrected chi connectivity index (χ0v) is 11.3. The molecule has 2 atom stereocenters. The average Bonchev–Trinajstić information content (AvgIpc) is 2.38. The molecule has 1 rings (SSSR count). The molecular formula is C12H18N2O3S. The third-order valence-electron chi connectivity index (χ3n) is 3.29. The molecule has 0 bridgehead atoms. The number of amides is 1. The van der Waals surface area contributed by atoms with Crippen molar-refractivity contribution in [2.24, 2.45) is 5.92 Å². The number of rotatable bonds is 5. The van der Waals surface area contributed by atoms with Gasteiger partial charge in [-0.2, -0.15) is 5.26 Å². The van der Waals surface area contributed by atoms with Gasteiger partial charge in [-0.15, -0.1) is 11.8 Å². The van der Waals surface area contributed by atoms with Gasteiger partial charge in [0.1, 0.15) is 6.04 Å². The van der Waals surface area contributed by atoms with Crippen molar-refractivity contribution in [3.8, 4) is 6.07 Å². The zero-order chi connectivity index (χ0) is 13.5. The molecule has 0 aliphatic carbocycles. The maximum Gasteiger partial charge on any atom is 0.326 e. The van der Waals surface area contributed by atoms with Crippen LogP contribution in [0.2, 0.25) is 0 Å². The van der Waals surface area contributed by atoms with E-state index in [-0.39, 0.29) is 17.4 Å². The van der Waals surface area contributed by atoms with Gasteiger partial charge in [-0.3, -0.25) is 4.79 Å². The Kier molecular flexibility index (Phi) is 5.99. The van der Waals surface area contributed by atoms with Crippen LogP contribution in [0.15, 0.2) is 0 Å². The van der Waals surface area contributed by atoms with E-state index < -0.39 is 12.0 Å². The van der Waals surface area contributed by atoms with Gasteiger partial charge in [0.05, 0.1) is 17.6 Å². The number of nitriles is 1. The standard InChI is InChI=1S/C12H18N2O3S/c1-2-9-3-5-14(10(7-9)12(16)17)11(15)8-18-6-4-13/h9-10H,2-3,5-8H2,1H3,(H,16,17). The first kappa shape index (κ1) is 14.8. The van der Waals surface area contributed by atoms with Gasteiger partial charge in [0.2, 0.25) is 5.91 Å². The molecule has 100 valence electrons. The molecule has 1 fully saturated rings. The van der Waals surface area contributed by atoms with Crippen LogP contribution in [0.3, 0.4) is 0 Å². The van der Waals surface area contributed by atoms with Gasteiger partial charge in [0.25, 0.3) is 0 Å². The second-order valence-corrected chi connectivity index (χ2v) is 5.38. The Morgan fingerprint density at radius 3 is 2.83 bits per heavy atom. The molecule has 0 saturated carbocycles. The number of likely N-dealkylation sites (tertiary alicyclic amines) is 1. The predicted octanol–water partition coefficient (Wildman–Crippen LogP) is 1.34. The van der Waals surface area contributed by atoms with Gasteiger partial charge >= 0.3 is 5.97 Å². The van der Waals surface area contributed by atoms with E-state index >= 15 is 0 Å². The van der Waals surface area contributed by atoms with Crippen molar-refractivity contribution in [2.75, 3.05) is 18.1 Å². The summed E-state index contributed by atoms with van der Waals surface area (Å²) >= 11 is 1.23. The summed E-state index contributed by atoms with van der Waals surface area (Å²) in [7, 11) is 0. The largest absolute Gasteiger partial charge is 0.480 e. The SMILES string of the molecule is CCC1CCN(C(=O)CSCC#N)C(C(=O)O)C1. The van der Waals surface area contributed by atoms with Crippen LogP contribution in [0.4, 0.5) is 0 Å². The second kappa shape index (κ2) is 7.27. The second-order valence-electron chi connectivity index (χ2n) is 4.39. The number of carboxylic acids is 1. The van der Waals surface area contributed by atoms with Crippen LogP contribution in [-0.4, -0.2) is 46.0 Å². The van der Waals surface area contributed by atoms with Gasteiger partial charge in [0.15, 0.2) is 0 Å². The Morgan fingerprint density at radius 1 is 1.56 bits per heavy atom. The molecule has 1 aliphatic rings. The number of aliphatic carboxylic acids is 1. The van der Waals surface area contributed by atoms with Crippen LogP contribution in [0.25, 0.3) is 0 Å². The molecule has 0 aromatic heterocycles. The van der Waals surface area contributed by atoms with Crippen molar-refractivity contribution >= 4 is 23.6 Å². The first-order valence-electron chi connectivity index (χ1n) is 6.07. The highest BCUT2D eigenvalue weighted by Crippen LogP contribution is 2.26. The number of carbonyl (C=O) groups is 2. The lowest BCUT2D eigenvalue weighted by Crippen LogP contribution is -2.50. The summed E-state index contributed by atoms with van der Waals surface area (Å²) in [6.45, 7) is 2.56. The van der Waals surface area contributed by atoms with Gasteiger partial charge in [-0.05, 0) is 18.8 Å². The van der Waals surface area contributed by atoms with Crippen LogP contribution in [0.5, 0.6) is 0 Å². The summed E-state index contributed by atoms with van der Waals surface area (Å²) in [5.41, 5.74) is 0. The first-order valence-corrected chi connectivity index (χ1v) is 7.22. The molecule has 1 saturated heterocycles. The topological polar surface area (TPSA) is 81.4 Å². The lowest BCUT2D eigenvalue weighted by atomic mass is 9.89. The monoisotopic (exact) mass is 270 g/mol. The number of piperidine rings is 1. The normalized spacial score (nSPS) is 23.4. The molecule has 0 spiro atoms. The summed E-state index contributed by atoms with van der Waals surface area (Å²) in [6, 6.07) is 1.26. The molecule has 18 heavy (non-hydrogen) atoms. The Hall–Kier alpha value is -1.22. The van der Waals surface area contributed by atoms with Crippen molar-refractivity contribution in [3.63, 3.8) is 0 Å². The Bertz CT molecular complexity index is 354. The summed E-state index contributed by atoms with van der Waals surface area (Å²) in [6.07, 6.45) is 2.37. The number of nitrogens with zero attached hydrogens (tertiary/aromatic N) is 2. The van der Waals surface area contributed by atoms with E-state index in [1.165, 1.54) is 16.7 Å². The van der Waals surface area contributed by atoms with Crippen LogP contribution < -0.4 is 0 Å². The first-order chi connectivity index (χ1) is 8.60. The number of carbonyl (C=O) groups excluding carboxylic acids is 1. The fourth-order valence-electron chi connectivity index (χ4n) is 2.21. The Balaban J connectivity index is 2.59. The molecule has 0 radical (unpaired) electrons. The Labute approximate surface area is 111 Å². The highest BCUT2D eigenvalue weighted by atomic mass is 32.2. The Morgan fingerprint density at radius 2 is 2.28 bits per heavy atom. The van der Waals surface area contributed by atoms with Crippen LogP contribution in [0.1, 0.15) is 26.2 Å².